The van der Waals surface area contributed by atoms with Gasteiger partial charge < -0.3 is 24.3 Å². The molecule has 0 saturated carbocycles. The zero-order chi connectivity index (χ0) is 29.2. The first kappa shape index (κ1) is 27.2. The fourth-order valence-corrected chi connectivity index (χ4v) is 5.29. The Kier molecular flexibility index (Phi) is 7.44. The molecule has 8 heteroatoms. The lowest BCUT2D eigenvalue weighted by Gasteiger charge is -2.32. The second kappa shape index (κ2) is 11.5. The number of benzene rings is 4. The summed E-state index contributed by atoms with van der Waals surface area (Å²) in [7, 11) is 0. The number of rotatable bonds is 7. The average Bonchev–Trinajstić information content (AvgIpc) is 3.46. The molecule has 6 rings (SSSR count). The Balaban J connectivity index is 1.41. The molecule has 214 valence electrons. The minimum atomic E-state index is -0.957. The Morgan fingerprint density at radius 1 is 0.714 bits per heavy atom. The van der Waals surface area contributed by atoms with Crippen molar-refractivity contribution < 1.29 is 28.5 Å². The van der Waals surface area contributed by atoms with E-state index in [4.69, 9.17) is 18.9 Å². The molecule has 2 amide bonds. The Morgan fingerprint density at radius 3 is 2.12 bits per heavy atom. The van der Waals surface area contributed by atoms with Crippen LogP contribution in [0.3, 0.4) is 0 Å². The van der Waals surface area contributed by atoms with Crippen LogP contribution in [0.4, 0.5) is 5.69 Å². The molecule has 0 radical (unpaired) electrons. The zero-order valence-corrected chi connectivity index (χ0v) is 23.8. The van der Waals surface area contributed by atoms with Crippen LogP contribution in [0.25, 0.3) is 0 Å². The van der Waals surface area contributed by atoms with Crippen molar-refractivity contribution in [1.82, 2.24) is 5.32 Å². The predicted molar refractivity (Wildman–Crippen MR) is 158 cm³/mol. The molecule has 0 spiro atoms. The maximum absolute atomic E-state index is 14.5. The van der Waals surface area contributed by atoms with Gasteiger partial charge >= 0.3 is 0 Å². The van der Waals surface area contributed by atoms with Crippen LogP contribution >= 0.6 is 0 Å². The maximum Gasteiger partial charge on any atom is 0.259 e. The number of hydrogen-bond acceptors (Lipinski definition) is 6. The summed E-state index contributed by atoms with van der Waals surface area (Å²) in [6.45, 7) is 7.21. The molecule has 4 aromatic rings. The summed E-state index contributed by atoms with van der Waals surface area (Å²) in [6.07, 6.45) is 0. The molecule has 4 aromatic carbocycles. The van der Waals surface area contributed by atoms with Gasteiger partial charge in [0.05, 0.1) is 0 Å². The van der Waals surface area contributed by atoms with E-state index in [1.54, 1.807) is 23.1 Å². The SMILES string of the molecule is Cc1ccc([C@@H](C(=O)NCc2ccc3c(c2)OCO3)N(C(=O)c2ccc3c(c2)OCCO3)c2cc(C)cc(C)c2)cc1. The van der Waals surface area contributed by atoms with Gasteiger partial charge in [0, 0.05) is 17.8 Å². The monoisotopic (exact) mass is 564 g/mol. The molecule has 0 bridgehead atoms. The van der Waals surface area contributed by atoms with E-state index in [0.29, 0.717) is 53.0 Å². The first-order valence-electron chi connectivity index (χ1n) is 13.9. The predicted octanol–water partition coefficient (Wildman–Crippen LogP) is 5.82. The number of ether oxygens (including phenoxy) is 4. The Morgan fingerprint density at radius 2 is 1.36 bits per heavy atom. The molecule has 1 atom stereocenters. The minimum Gasteiger partial charge on any atom is -0.486 e. The van der Waals surface area contributed by atoms with Crippen molar-refractivity contribution in [1.29, 1.82) is 0 Å². The highest BCUT2D eigenvalue weighted by atomic mass is 16.7. The minimum absolute atomic E-state index is 0.174. The van der Waals surface area contributed by atoms with Gasteiger partial charge in [0.1, 0.15) is 19.3 Å². The lowest BCUT2D eigenvalue weighted by molar-refractivity contribution is -0.122. The standard InChI is InChI=1S/C34H32N2O6/c1-21-4-7-25(8-5-21)32(33(37)35-19-24-6-10-29-30(17-24)42-20-41-29)36(27-15-22(2)14-23(3)16-27)34(38)26-9-11-28-31(18-26)40-13-12-39-28/h4-11,14-18,32H,12-13,19-20H2,1-3H3,(H,35,37)/t32-/m0/s1. The van der Waals surface area contributed by atoms with Gasteiger partial charge in [0.25, 0.3) is 5.91 Å². The molecular formula is C34H32N2O6. The second-order valence-electron chi connectivity index (χ2n) is 10.6. The zero-order valence-electron chi connectivity index (χ0n) is 23.8. The van der Waals surface area contributed by atoms with Crippen LogP contribution in [-0.4, -0.2) is 31.8 Å². The van der Waals surface area contributed by atoms with E-state index in [2.05, 4.69) is 5.32 Å². The topological polar surface area (TPSA) is 86.3 Å². The maximum atomic E-state index is 14.5. The molecule has 0 aliphatic carbocycles. The molecule has 2 aliphatic heterocycles. The summed E-state index contributed by atoms with van der Waals surface area (Å²) < 4.78 is 22.4. The lowest BCUT2D eigenvalue weighted by Crippen LogP contribution is -2.44. The highest BCUT2D eigenvalue weighted by Crippen LogP contribution is 2.36. The Hall–Kier alpha value is -4.98. The molecule has 1 N–H and O–H groups in total. The third-order valence-corrected chi connectivity index (χ3v) is 7.30. The van der Waals surface area contributed by atoms with Gasteiger partial charge in [-0.05, 0) is 85.5 Å². The summed E-state index contributed by atoms with van der Waals surface area (Å²) in [6, 6.07) is 23.3. The van der Waals surface area contributed by atoms with E-state index in [1.807, 2.05) is 81.4 Å². The van der Waals surface area contributed by atoms with E-state index in [-0.39, 0.29) is 25.2 Å². The van der Waals surface area contributed by atoms with E-state index >= 15 is 0 Å². The van der Waals surface area contributed by atoms with Crippen LogP contribution in [0.5, 0.6) is 23.0 Å². The molecule has 0 unspecified atom stereocenters. The number of nitrogens with one attached hydrogen (secondary N) is 1. The number of carbonyl (C=O) groups is 2. The highest BCUT2D eigenvalue weighted by molar-refractivity contribution is 6.10. The third kappa shape index (κ3) is 5.61. The summed E-state index contributed by atoms with van der Waals surface area (Å²) >= 11 is 0. The summed E-state index contributed by atoms with van der Waals surface area (Å²) in [5.74, 6) is 1.76. The summed E-state index contributed by atoms with van der Waals surface area (Å²) in [4.78, 5) is 30.2. The Bertz CT molecular complexity index is 1630. The fourth-order valence-electron chi connectivity index (χ4n) is 5.29. The van der Waals surface area contributed by atoms with Crippen LogP contribution in [0.1, 0.15) is 44.2 Å². The number of hydrogen-bond donors (Lipinski definition) is 1. The van der Waals surface area contributed by atoms with E-state index < -0.39 is 6.04 Å². The van der Waals surface area contributed by atoms with Crippen molar-refractivity contribution in [2.24, 2.45) is 0 Å². The first-order chi connectivity index (χ1) is 20.4. The van der Waals surface area contributed by atoms with Gasteiger partial charge in [0.2, 0.25) is 12.7 Å². The van der Waals surface area contributed by atoms with Gasteiger partial charge in [-0.3, -0.25) is 14.5 Å². The van der Waals surface area contributed by atoms with Gasteiger partial charge in [-0.2, -0.15) is 0 Å². The van der Waals surface area contributed by atoms with Crippen molar-refractivity contribution in [3.8, 4) is 23.0 Å². The first-order valence-corrected chi connectivity index (χ1v) is 13.9. The number of nitrogens with zero attached hydrogens (tertiary/aromatic N) is 1. The third-order valence-electron chi connectivity index (χ3n) is 7.30. The number of fused-ring (bicyclic) bond motifs is 2. The molecule has 2 heterocycles. The summed E-state index contributed by atoms with van der Waals surface area (Å²) in [5.41, 5.74) is 5.56. The molecule has 8 nitrogen and oxygen atoms in total. The number of carbonyl (C=O) groups excluding carboxylic acids is 2. The van der Waals surface area contributed by atoms with Crippen LogP contribution in [0.15, 0.2) is 78.9 Å². The molecular weight excluding hydrogens is 532 g/mol. The molecule has 0 fully saturated rings. The molecule has 0 aromatic heterocycles. The Labute approximate surface area is 244 Å². The van der Waals surface area contributed by atoms with Crippen LogP contribution in [0, 0.1) is 20.8 Å². The van der Waals surface area contributed by atoms with Crippen LogP contribution < -0.4 is 29.2 Å². The van der Waals surface area contributed by atoms with Crippen LogP contribution in [0.2, 0.25) is 0 Å². The van der Waals surface area contributed by atoms with Crippen molar-refractivity contribution in [2.75, 3.05) is 24.9 Å². The largest absolute Gasteiger partial charge is 0.486 e. The van der Waals surface area contributed by atoms with Gasteiger partial charge in [-0.1, -0.05) is 42.0 Å². The highest BCUT2D eigenvalue weighted by Gasteiger charge is 2.34. The molecule has 0 saturated heterocycles. The van der Waals surface area contributed by atoms with Gasteiger partial charge in [0.15, 0.2) is 23.0 Å². The smallest absolute Gasteiger partial charge is 0.259 e. The average molecular weight is 565 g/mol. The van der Waals surface area contributed by atoms with Gasteiger partial charge in [-0.25, -0.2) is 0 Å². The quantitative estimate of drug-likeness (QED) is 0.305. The molecule has 2 aliphatic rings. The van der Waals surface area contributed by atoms with E-state index in [0.717, 1.165) is 22.3 Å². The summed E-state index contributed by atoms with van der Waals surface area (Å²) in [5, 5.41) is 3.07. The normalized spacial score (nSPS) is 13.8. The van der Waals surface area contributed by atoms with Crippen molar-refractivity contribution in [3.63, 3.8) is 0 Å². The number of aryl methyl sites for hydroxylation is 3. The fraction of sp³-hybridized carbons (Fsp3) is 0.235. The van der Waals surface area contributed by atoms with E-state index in [9.17, 15) is 9.59 Å². The van der Waals surface area contributed by atoms with E-state index in [1.165, 1.54) is 0 Å². The van der Waals surface area contributed by atoms with Crippen molar-refractivity contribution in [2.45, 2.75) is 33.4 Å². The lowest BCUT2D eigenvalue weighted by atomic mass is 9.99. The molecule has 42 heavy (non-hydrogen) atoms. The number of amides is 2. The van der Waals surface area contributed by atoms with Gasteiger partial charge in [-0.15, -0.1) is 0 Å². The number of anilines is 1. The second-order valence-corrected chi connectivity index (χ2v) is 10.6. The van der Waals surface area contributed by atoms with Crippen LogP contribution in [-0.2, 0) is 11.3 Å². The van der Waals surface area contributed by atoms with Crippen molar-refractivity contribution in [3.05, 3.63) is 112 Å². The van der Waals surface area contributed by atoms with Crippen molar-refractivity contribution >= 4 is 17.5 Å².